The fourth-order valence-electron chi connectivity index (χ4n) is 1.95. The second kappa shape index (κ2) is 4.03. The second-order valence-electron chi connectivity index (χ2n) is 3.94. The fourth-order valence-corrected chi connectivity index (χ4v) is 1.95. The van der Waals surface area contributed by atoms with E-state index >= 15 is 0 Å². The number of aromatic nitrogens is 4. The van der Waals surface area contributed by atoms with Gasteiger partial charge in [-0.2, -0.15) is 0 Å². The van der Waals surface area contributed by atoms with Gasteiger partial charge in [-0.1, -0.05) is 6.07 Å². The summed E-state index contributed by atoms with van der Waals surface area (Å²) < 4.78 is 1.87. The Morgan fingerprint density at radius 1 is 1.33 bits per heavy atom. The number of rotatable bonds is 2. The average molecular weight is 238 g/mol. The van der Waals surface area contributed by atoms with Crippen molar-refractivity contribution in [2.24, 2.45) is 0 Å². The van der Waals surface area contributed by atoms with E-state index in [0.717, 1.165) is 28.9 Å². The van der Waals surface area contributed by atoms with Crippen molar-refractivity contribution in [3.63, 3.8) is 0 Å². The molecule has 3 aromatic rings. The van der Waals surface area contributed by atoms with Gasteiger partial charge < -0.3 is 0 Å². The lowest BCUT2D eigenvalue weighted by Crippen LogP contribution is -1.95. The maximum Gasteiger partial charge on any atom is 0.170 e. The Kier molecular flexibility index (Phi) is 2.37. The van der Waals surface area contributed by atoms with E-state index in [1.807, 2.05) is 29.5 Å². The highest BCUT2D eigenvalue weighted by molar-refractivity contribution is 5.75. The molecular formula is C13H10N4O. The number of fused-ring (bicyclic) bond motifs is 1. The van der Waals surface area contributed by atoms with Gasteiger partial charge in [0.15, 0.2) is 6.29 Å². The Morgan fingerprint density at radius 3 is 3.00 bits per heavy atom. The van der Waals surface area contributed by atoms with Gasteiger partial charge in [-0.3, -0.25) is 9.20 Å². The Labute approximate surface area is 103 Å². The number of imidazole rings is 1. The minimum atomic E-state index is 0.414. The number of hydrogen-bond donors (Lipinski definition) is 0. The van der Waals surface area contributed by atoms with Gasteiger partial charge in [0.05, 0.1) is 5.69 Å². The van der Waals surface area contributed by atoms with Crippen LogP contribution in [0.4, 0.5) is 0 Å². The summed E-state index contributed by atoms with van der Waals surface area (Å²) in [5.41, 5.74) is 3.89. The van der Waals surface area contributed by atoms with Crippen LogP contribution < -0.4 is 0 Å². The molecule has 0 atom stereocenters. The molecule has 5 heteroatoms. The fraction of sp³-hybridized carbons (Fsp3) is 0.0769. The molecule has 0 aliphatic carbocycles. The van der Waals surface area contributed by atoms with Crippen LogP contribution >= 0.6 is 0 Å². The molecule has 0 bridgehead atoms. The molecule has 0 saturated carbocycles. The molecule has 0 unspecified atom stereocenters. The number of nitrogens with zero attached hydrogens (tertiary/aromatic N) is 4. The number of aldehydes is 1. The van der Waals surface area contributed by atoms with Gasteiger partial charge in [0.25, 0.3) is 0 Å². The molecule has 0 aliphatic heterocycles. The third-order valence-electron chi connectivity index (χ3n) is 2.82. The summed E-state index contributed by atoms with van der Waals surface area (Å²) in [6.07, 6.45) is 5.73. The lowest BCUT2D eigenvalue weighted by Gasteiger charge is -2.06. The van der Waals surface area contributed by atoms with E-state index < -0.39 is 0 Å². The van der Waals surface area contributed by atoms with Crippen molar-refractivity contribution < 1.29 is 4.79 Å². The van der Waals surface area contributed by atoms with Crippen LogP contribution in [0.25, 0.3) is 16.9 Å². The van der Waals surface area contributed by atoms with E-state index in [2.05, 4.69) is 15.0 Å². The summed E-state index contributed by atoms with van der Waals surface area (Å²) in [5, 5.41) is 0. The van der Waals surface area contributed by atoms with E-state index in [0.29, 0.717) is 5.69 Å². The largest absolute Gasteiger partial charge is 0.299 e. The molecular weight excluding hydrogens is 228 g/mol. The first-order valence-corrected chi connectivity index (χ1v) is 5.50. The summed E-state index contributed by atoms with van der Waals surface area (Å²) >= 11 is 0. The van der Waals surface area contributed by atoms with E-state index in [9.17, 15) is 4.79 Å². The maximum absolute atomic E-state index is 10.8. The van der Waals surface area contributed by atoms with Gasteiger partial charge in [-0.05, 0) is 19.1 Å². The van der Waals surface area contributed by atoms with Crippen LogP contribution in [-0.4, -0.2) is 25.6 Å². The van der Waals surface area contributed by atoms with E-state index in [1.54, 1.807) is 12.4 Å². The predicted molar refractivity (Wildman–Crippen MR) is 66.3 cm³/mol. The SMILES string of the molecule is Cc1ncncc1-c1cccc2nc(C=O)cn12. The third-order valence-corrected chi connectivity index (χ3v) is 2.82. The molecule has 0 radical (unpaired) electrons. The number of carbonyl (C=O) groups excluding carboxylic acids is 1. The summed E-state index contributed by atoms with van der Waals surface area (Å²) in [4.78, 5) is 23.2. The average Bonchev–Trinajstić information content (AvgIpc) is 2.82. The summed E-state index contributed by atoms with van der Waals surface area (Å²) in [6, 6.07) is 5.71. The predicted octanol–water partition coefficient (Wildman–Crippen LogP) is 1.91. The molecule has 0 aliphatic rings. The van der Waals surface area contributed by atoms with Crippen LogP contribution in [0.2, 0.25) is 0 Å². The van der Waals surface area contributed by atoms with Crippen LogP contribution in [0.3, 0.4) is 0 Å². The lowest BCUT2D eigenvalue weighted by atomic mass is 10.1. The zero-order valence-corrected chi connectivity index (χ0v) is 9.74. The zero-order chi connectivity index (χ0) is 12.5. The quantitative estimate of drug-likeness (QED) is 0.640. The molecule has 3 heterocycles. The highest BCUT2D eigenvalue weighted by Gasteiger charge is 2.09. The van der Waals surface area contributed by atoms with E-state index in [4.69, 9.17) is 0 Å². The van der Waals surface area contributed by atoms with Crippen molar-refractivity contribution in [3.05, 3.63) is 48.3 Å². The molecule has 0 fully saturated rings. The maximum atomic E-state index is 10.8. The first kappa shape index (κ1) is 10.6. The van der Waals surface area contributed by atoms with Gasteiger partial charge in [0, 0.05) is 23.7 Å². The molecule has 3 rings (SSSR count). The van der Waals surface area contributed by atoms with Crippen molar-refractivity contribution in [2.75, 3.05) is 0 Å². The smallest absolute Gasteiger partial charge is 0.170 e. The van der Waals surface area contributed by atoms with Gasteiger partial charge >= 0.3 is 0 Å². The molecule has 0 aromatic carbocycles. The van der Waals surface area contributed by atoms with Crippen molar-refractivity contribution in [1.29, 1.82) is 0 Å². The highest BCUT2D eigenvalue weighted by Crippen LogP contribution is 2.22. The molecule has 0 spiro atoms. The van der Waals surface area contributed by atoms with Crippen LogP contribution in [-0.2, 0) is 0 Å². The minimum Gasteiger partial charge on any atom is -0.299 e. The van der Waals surface area contributed by atoms with Gasteiger partial charge in [-0.25, -0.2) is 15.0 Å². The monoisotopic (exact) mass is 238 g/mol. The number of aryl methyl sites for hydroxylation is 1. The van der Waals surface area contributed by atoms with Crippen LogP contribution in [0.15, 0.2) is 36.9 Å². The second-order valence-corrected chi connectivity index (χ2v) is 3.94. The van der Waals surface area contributed by atoms with Crippen molar-refractivity contribution in [2.45, 2.75) is 6.92 Å². The minimum absolute atomic E-state index is 0.414. The van der Waals surface area contributed by atoms with Gasteiger partial charge in [0.1, 0.15) is 17.7 Å². The van der Waals surface area contributed by atoms with Gasteiger partial charge in [0.2, 0.25) is 0 Å². The van der Waals surface area contributed by atoms with Crippen molar-refractivity contribution in [3.8, 4) is 11.3 Å². The summed E-state index contributed by atoms with van der Waals surface area (Å²) in [6.45, 7) is 1.92. The molecule has 5 nitrogen and oxygen atoms in total. The number of pyridine rings is 1. The molecule has 0 saturated heterocycles. The molecule has 18 heavy (non-hydrogen) atoms. The molecule has 3 aromatic heterocycles. The van der Waals surface area contributed by atoms with Crippen LogP contribution in [0, 0.1) is 6.92 Å². The summed E-state index contributed by atoms with van der Waals surface area (Å²) in [7, 11) is 0. The Morgan fingerprint density at radius 2 is 2.22 bits per heavy atom. The molecule has 88 valence electrons. The Hall–Kier alpha value is -2.56. The normalized spacial score (nSPS) is 10.7. The van der Waals surface area contributed by atoms with Crippen molar-refractivity contribution in [1.82, 2.24) is 19.4 Å². The standard InChI is InChI=1S/C13H10N4O/c1-9-11(5-14-8-15-9)12-3-2-4-13-16-10(7-18)6-17(12)13/h2-8H,1H3. The van der Waals surface area contributed by atoms with E-state index in [1.165, 1.54) is 6.33 Å². The zero-order valence-electron chi connectivity index (χ0n) is 9.74. The summed E-state index contributed by atoms with van der Waals surface area (Å²) in [5.74, 6) is 0. The first-order valence-electron chi connectivity index (χ1n) is 5.50. The van der Waals surface area contributed by atoms with Crippen LogP contribution in [0.5, 0.6) is 0 Å². The Balaban J connectivity index is 2.32. The van der Waals surface area contributed by atoms with Gasteiger partial charge in [-0.15, -0.1) is 0 Å². The highest BCUT2D eigenvalue weighted by atomic mass is 16.1. The number of carbonyl (C=O) groups is 1. The van der Waals surface area contributed by atoms with Crippen LogP contribution in [0.1, 0.15) is 16.2 Å². The Bertz CT molecular complexity index is 733. The molecule has 0 N–H and O–H groups in total. The third kappa shape index (κ3) is 1.57. The molecule has 0 amide bonds. The van der Waals surface area contributed by atoms with Crippen molar-refractivity contribution >= 4 is 11.9 Å². The number of hydrogen-bond acceptors (Lipinski definition) is 4. The lowest BCUT2D eigenvalue weighted by molar-refractivity contribution is 0.111. The first-order chi connectivity index (χ1) is 8.79. The topological polar surface area (TPSA) is 60.2 Å². The van der Waals surface area contributed by atoms with E-state index in [-0.39, 0.29) is 0 Å².